The van der Waals surface area contributed by atoms with Crippen LogP contribution in [0, 0.1) is 6.92 Å². The smallest absolute Gasteiger partial charge is 0.216 e. The Bertz CT molecular complexity index is 723. The molecular weight excluding hydrogens is 294 g/mol. The van der Waals surface area contributed by atoms with Crippen molar-refractivity contribution in [2.75, 3.05) is 6.61 Å². The molecule has 7 nitrogen and oxygen atoms in total. The van der Waals surface area contributed by atoms with Crippen molar-refractivity contribution in [1.82, 2.24) is 25.2 Å². The fraction of sp³-hybridized carbons (Fsp3) is 0.375. The van der Waals surface area contributed by atoms with Gasteiger partial charge in [0.2, 0.25) is 11.8 Å². The molecular formula is C16H19N5O2. The first-order valence-corrected chi connectivity index (χ1v) is 7.65. The number of rotatable bonds is 8. The summed E-state index contributed by atoms with van der Waals surface area (Å²) >= 11 is 0. The summed E-state index contributed by atoms with van der Waals surface area (Å²) in [4.78, 5) is 0. The van der Waals surface area contributed by atoms with Crippen molar-refractivity contribution in [2.24, 2.45) is 0 Å². The van der Waals surface area contributed by atoms with E-state index in [1.807, 2.05) is 41.2 Å². The highest BCUT2D eigenvalue weighted by atomic mass is 16.5. The van der Waals surface area contributed by atoms with E-state index in [0.717, 1.165) is 37.3 Å². The average Bonchev–Trinajstić information content (AvgIpc) is 3.18. The fourth-order valence-electron chi connectivity index (χ4n) is 2.18. The van der Waals surface area contributed by atoms with Crippen LogP contribution >= 0.6 is 0 Å². The van der Waals surface area contributed by atoms with E-state index >= 15 is 0 Å². The number of aromatic nitrogens is 5. The molecule has 0 unspecified atom stereocenters. The van der Waals surface area contributed by atoms with Crippen LogP contribution in [0.4, 0.5) is 0 Å². The van der Waals surface area contributed by atoms with E-state index in [1.54, 1.807) is 6.92 Å². The van der Waals surface area contributed by atoms with Crippen LogP contribution in [0.25, 0.3) is 0 Å². The van der Waals surface area contributed by atoms with Gasteiger partial charge in [0.05, 0.1) is 12.3 Å². The first kappa shape index (κ1) is 15.2. The maximum Gasteiger partial charge on any atom is 0.216 e. The van der Waals surface area contributed by atoms with Gasteiger partial charge < -0.3 is 9.15 Å². The van der Waals surface area contributed by atoms with Crippen LogP contribution in [0.3, 0.4) is 0 Å². The van der Waals surface area contributed by atoms with Crippen LogP contribution in [0.1, 0.15) is 23.9 Å². The number of hydrogen-bond donors (Lipinski definition) is 0. The molecule has 2 heterocycles. The number of hydrogen-bond acceptors (Lipinski definition) is 6. The molecule has 0 fully saturated rings. The van der Waals surface area contributed by atoms with Gasteiger partial charge in [0.25, 0.3) is 0 Å². The SMILES string of the molecule is Cc1nnc(CCCn2cc(CCOc3ccccc3)nn2)o1. The minimum atomic E-state index is 0.587. The van der Waals surface area contributed by atoms with Crippen molar-refractivity contribution in [2.45, 2.75) is 32.7 Å². The molecule has 1 aromatic carbocycles. The van der Waals surface area contributed by atoms with E-state index in [4.69, 9.17) is 9.15 Å². The maximum atomic E-state index is 5.66. The summed E-state index contributed by atoms with van der Waals surface area (Å²) < 4.78 is 12.8. The van der Waals surface area contributed by atoms with Gasteiger partial charge in [-0.2, -0.15) is 0 Å². The second kappa shape index (κ2) is 7.53. The molecule has 0 N–H and O–H groups in total. The second-order valence-corrected chi connectivity index (χ2v) is 5.20. The third-order valence-corrected chi connectivity index (χ3v) is 3.30. The van der Waals surface area contributed by atoms with Crippen LogP contribution in [-0.4, -0.2) is 31.8 Å². The summed E-state index contributed by atoms with van der Waals surface area (Å²) in [6.07, 6.45) is 4.31. The van der Waals surface area contributed by atoms with E-state index in [9.17, 15) is 0 Å². The molecule has 3 rings (SSSR count). The minimum absolute atomic E-state index is 0.587. The Morgan fingerprint density at radius 1 is 1.09 bits per heavy atom. The highest BCUT2D eigenvalue weighted by Crippen LogP contribution is 2.09. The Balaban J connectivity index is 1.39. The summed E-state index contributed by atoms with van der Waals surface area (Å²) in [6.45, 7) is 3.15. The Morgan fingerprint density at radius 2 is 1.96 bits per heavy atom. The van der Waals surface area contributed by atoms with Crippen molar-refractivity contribution in [3.8, 4) is 5.75 Å². The third-order valence-electron chi connectivity index (χ3n) is 3.30. The van der Waals surface area contributed by atoms with Gasteiger partial charge in [0.1, 0.15) is 5.75 Å². The van der Waals surface area contributed by atoms with Crippen molar-refractivity contribution in [3.05, 3.63) is 54.0 Å². The molecule has 120 valence electrons. The van der Waals surface area contributed by atoms with Crippen molar-refractivity contribution in [1.29, 1.82) is 0 Å². The van der Waals surface area contributed by atoms with E-state index in [1.165, 1.54) is 0 Å². The zero-order valence-corrected chi connectivity index (χ0v) is 13.1. The summed E-state index contributed by atoms with van der Waals surface area (Å²) in [5.74, 6) is 2.13. The molecule has 0 atom stereocenters. The van der Waals surface area contributed by atoms with Gasteiger partial charge in [-0.05, 0) is 18.6 Å². The predicted octanol–water partition coefficient (Wildman–Crippen LogP) is 2.22. The van der Waals surface area contributed by atoms with Gasteiger partial charge in [-0.3, -0.25) is 4.68 Å². The second-order valence-electron chi connectivity index (χ2n) is 5.20. The lowest BCUT2D eigenvalue weighted by atomic mass is 10.3. The average molecular weight is 313 g/mol. The monoisotopic (exact) mass is 313 g/mol. The first-order valence-electron chi connectivity index (χ1n) is 7.65. The zero-order chi connectivity index (χ0) is 15.9. The normalized spacial score (nSPS) is 10.8. The molecule has 0 aliphatic rings. The number of aryl methyl sites for hydroxylation is 3. The number of nitrogens with zero attached hydrogens (tertiary/aromatic N) is 5. The Hall–Kier alpha value is -2.70. The molecule has 23 heavy (non-hydrogen) atoms. The summed E-state index contributed by atoms with van der Waals surface area (Å²) in [6, 6.07) is 9.76. The molecule has 0 saturated carbocycles. The molecule has 0 radical (unpaired) electrons. The van der Waals surface area contributed by atoms with E-state index in [2.05, 4.69) is 20.5 Å². The van der Waals surface area contributed by atoms with Gasteiger partial charge in [-0.25, -0.2) is 0 Å². The Kier molecular flexibility index (Phi) is 4.98. The number of ether oxygens (including phenoxy) is 1. The zero-order valence-electron chi connectivity index (χ0n) is 13.1. The molecule has 0 aliphatic heterocycles. The van der Waals surface area contributed by atoms with Crippen LogP contribution in [0.5, 0.6) is 5.75 Å². The molecule has 0 spiro atoms. The lowest BCUT2D eigenvalue weighted by molar-refractivity contribution is 0.320. The maximum absolute atomic E-state index is 5.66. The van der Waals surface area contributed by atoms with Crippen LogP contribution < -0.4 is 4.74 Å². The van der Waals surface area contributed by atoms with Crippen molar-refractivity contribution < 1.29 is 9.15 Å². The molecule has 7 heteroatoms. The molecule has 3 aromatic rings. The summed E-state index contributed by atoms with van der Waals surface area (Å²) in [5.41, 5.74) is 0.926. The van der Waals surface area contributed by atoms with Gasteiger partial charge in [-0.15, -0.1) is 15.3 Å². The van der Waals surface area contributed by atoms with E-state index < -0.39 is 0 Å². The topological polar surface area (TPSA) is 78.9 Å². The standard InChI is InChI=1S/C16H19N5O2/c1-13-17-19-16(23-13)8-5-10-21-12-14(18-20-21)9-11-22-15-6-3-2-4-7-15/h2-4,6-7,12H,5,8-11H2,1H3. The van der Waals surface area contributed by atoms with Crippen molar-refractivity contribution in [3.63, 3.8) is 0 Å². The van der Waals surface area contributed by atoms with Gasteiger partial charge in [0, 0.05) is 32.5 Å². The highest BCUT2D eigenvalue weighted by Gasteiger charge is 2.04. The van der Waals surface area contributed by atoms with Crippen LogP contribution in [-0.2, 0) is 19.4 Å². The van der Waals surface area contributed by atoms with Crippen molar-refractivity contribution >= 4 is 0 Å². The molecule has 0 amide bonds. The quantitative estimate of drug-likeness (QED) is 0.634. The highest BCUT2D eigenvalue weighted by molar-refractivity contribution is 5.20. The summed E-state index contributed by atoms with van der Waals surface area (Å²) in [7, 11) is 0. The predicted molar refractivity (Wildman–Crippen MR) is 83.0 cm³/mol. The third kappa shape index (κ3) is 4.64. The van der Waals surface area contributed by atoms with Gasteiger partial charge in [-0.1, -0.05) is 23.4 Å². The van der Waals surface area contributed by atoms with Gasteiger partial charge >= 0.3 is 0 Å². The fourth-order valence-corrected chi connectivity index (χ4v) is 2.18. The lowest BCUT2D eigenvalue weighted by Crippen LogP contribution is -2.02. The minimum Gasteiger partial charge on any atom is -0.493 e. The molecule has 0 saturated heterocycles. The van der Waals surface area contributed by atoms with Gasteiger partial charge in [0.15, 0.2) is 0 Å². The Labute approximate surface area is 134 Å². The number of para-hydroxylation sites is 1. The number of benzene rings is 1. The van der Waals surface area contributed by atoms with Crippen LogP contribution in [0.15, 0.2) is 40.9 Å². The van der Waals surface area contributed by atoms with Crippen LogP contribution in [0.2, 0.25) is 0 Å². The largest absolute Gasteiger partial charge is 0.493 e. The molecule has 0 aliphatic carbocycles. The first-order chi connectivity index (χ1) is 11.3. The Morgan fingerprint density at radius 3 is 2.74 bits per heavy atom. The summed E-state index contributed by atoms with van der Waals surface area (Å²) in [5, 5.41) is 16.1. The van der Waals surface area contributed by atoms with E-state index in [0.29, 0.717) is 18.4 Å². The lowest BCUT2D eigenvalue weighted by Gasteiger charge is -2.03. The molecule has 0 bridgehead atoms. The molecule has 2 aromatic heterocycles. The van der Waals surface area contributed by atoms with E-state index in [-0.39, 0.29) is 0 Å².